The largest absolute Gasteiger partial charge is 0.476 e. The summed E-state index contributed by atoms with van der Waals surface area (Å²) < 4.78 is 1.77. The number of aromatic nitrogens is 2. The van der Waals surface area contributed by atoms with E-state index in [9.17, 15) is 9.90 Å². The molecular formula is C16H17ClN2O2. The van der Waals surface area contributed by atoms with Crippen LogP contribution < -0.4 is 0 Å². The number of carbonyl (C=O) groups is 1. The highest BCUT2D eigenvalue weighted by Gasteiger charge is 2.28. The first-order valence-electron chi connectivity index (χ1n) is 7.08. The number of fused-ring (bicyclic) bond motifs is 1. The molecule has 1 N–H and O–H groups in total. The molecule has 0 fully saturated rings. The summed E-state index contributed by atoms with van der Waals surface area (Å²) in [6.45, 7) is 4.08. The smallest absolute Gasteiger partial charge is 0.356 e. The molecule has 0 bridgehead atoms. The number of carboxylic acid groups (broad SMARTS) is 1. The predicted octanol–water partition coefficient (Wildman–Crippen LogP) is 3.66. The molecular weight excluding hydrogens is 288 g/mol. The molecule has 2 aromatic rings. The van der Waals surface area contributed by atoms with Gasteiger partial charge in [0.2, 0.25) is 0 Å². The molecule has 1 aromatic heterocycles. The van der Waals surface area contributed by atoms with Crippen LogP contribution in [0.5, 0.6) is 0 Å². The molecule has 0 radical (unpaired) electrons. The van der Waals surface area contributed by atoms with Crippen molar-refractivity contribution in [2.24, 2.45) is 5.92 Å². The van der Waals surface area contributed by atoms with Crippen molar-refractivity contribution in [3.63, 3.8) is 0 Å². The normalized spacial score (nSPS) is 17.6. The molecule has 1 aliphatic rings. The lowest BCUT2D eigenvalue weighted by molar-refractivity contribution is 0.0688. The van der Waals surface area contributed by atoms with E-state index in [1.165, 1.54) is 0 Å². The van der Waals surface area contributed by atoms with Gasteiger partial charge in [-0.25, -0.2) is 9.48 Å². The Labute approximate surface area is 128 Å². The van der Waals surface area contributed by atoms with Gasteiger partial charge < -0.3 is 5.11 Å². The van der Waals surface area contributed by atoms with E-state index >= 15 is 0 Å². The maximum Gasteiger partial charge on any atom is 0.356 e. The zero-order valence-corrected chi connectivity index (χ0v) is 12.8. The van der Waals surface area contributed by atoms with Crippen molar-refractivity contribution < 1.29 is 9.90 Å². The first-order valence-corrected chi connectivity index (χ1v) is 7.46. The zero-order chi connectivity index (χ0) is 15.1. The standard InChI is InChI=1S/C16H17ClN2O2/c1-9-6-7-14-11(8-9)15(16(20)21)18-19(14)13-5-3-4-12(17)10(13)2/h3-5,9H,6-8H2,1-2H3,(H,20,21). The Balaban J connectivity index is 2.22. The first-order chi connectivity index (χ1) is 9.99. The third kappa shape index (κ3) is 2.33. The summed E-state index contributed by atoms with van der Waals surface area (Å²) in [5, 5.41) is 14.4. The molecule has 0 aliphatic heterocycles. The molecule has 5 heteroatoms. The van der Waals surface area contributed by atoms with Crippen LogP contribution in [0, 0.1) is 12.8 Å². The molecule has 1 unspecified atom stereocenters. The summed E-state index contributed by atoms with van der Waals surface area (Å²) in [4.78, 5) is 11.5. The third-order valence-corrected chi connectivity index (χ3v) is 4.60. The molecule has 1 atom stereocenters. The summed E-state index contributed by atoms with van der Waals surface area (Å²) in [5.74, 6) is -0.465. The van der Waals surface area contributed by atoms with Gasteiger partial charge in [-0.15, -0.1) is 0 Å². The highest BCUT2D eigenvalue weighted by molar-refractivity contribution is 6.31. The summed E-state index contributed by atoms with van der Waals surface area (Å²) in [7, 11) is 0. The average Bonchev–Trinajstić information content (AvgIpc) is 2.80. The van der Waals surface area contributed by atoms with Crippen molar-refractivity contribution in [1.82, 2.24) is 9.78 Å². The van der Waals surface area contributed by atoms with E-state index in [-0.39, 0.29) is 5.69 Å². The van der Waals surface area contributed by atoms with E-state index in [0.29, 0.717) is 10.9 Å². The Morgan fingerprint density at radius 3 is 2.95 bits per heavy atom. The van der Waals surface area contributed by atoms with E-state index < -0.39 is 5.97 Å². The number of aromatic carboxylic acids is 1. The van der Waals surface area contributed by atoms with Gasteiger partial charge in [0.1, 0.15) is 0 Å². The monoisotopic (exact) mass is 304 g/mol. The molecule has 3 rings (SSSR count). The minimum atomic E-state index is -0.959. The Hall–Kier alpha value is -1.81. The first kappa shape index (κ1) is 14.1. The van der Waals surface area contributed by atoms with Crippen molar-refractivity contribution in [1.29, 1.82) is 0 Å². The second-order valence-electron chi connectivity index (χ2n) is 5.72. The minimum absolute atomic E-state index is 0.177. The minimum Gasteiger partial charge on any atom is -0.476 e. The van der Waals surface area contributed by atoms with Gasteiger partial charge in [-0.2, -0.15) is 5.10 Å². The van der Waals surface area contributed by atoms with Crippen molar-refractivity contribution in [3.8, 4) is 5.69 Å². The van der Waals surface area contributed by atoms with Gasteiger partial charge in [-0.05, 0) is 49.8 Å². The van der Waals surface area contributed by atoms with Gasteiger partial charge >= 0.3 is 5.97 Å². The van der Waals surface area contributed by atoms with Crippen LogP contribution in [0.4, 0.5) is 0 Å². The number of carboxylic acids is 1. The van der Waals surface area contributed by atoms with Crippen LogP contribution >= 0.6 is 11.6 Å². The summed E-state index contributed by atoms with van der Waals surface area (Å²) in [5.41, 5.74) is 3.84. The Kier molecular flexibility index (Phi) is 3.49. The van der Waals surface area contributed by atoms with Gasteiger partial charge in [0.15, 0.2) is 5.69 Å². The van der Waals surface area contributed by atoms with Crippen LogP contribution in [0.25, 0.3) is 5.69 Å². The second-order valence-corrected chi connectivity index (χ2v) is 6.13. The highest BCUT2D eigenvalue weighted by atomic mass is 35.5. The van der Waals surface area contributed by atoms with Crippen molar-refractivity contribution >= 4 is 17.6 Å². The zero-order valence-electron chi connectivity index (χ0n) is 12.1. The van der Waals surface area contributed by atoms with Gasteiger partial charge in [-0.3, -0.25) is 0 Å². The van der Waals surface area contributed by atoms with E-state index in [0.717, 1.165) is 41.8 Å². The molecule has 1 aliphatic carbocycles. The molecule has 0 saturated carbocycles. The van der Waals surface area contributed by atoms with Crippen molar-refractivity contribution in [2.75, 3.05) is 0 Å². The molecule has 1 aromatic carbocycles. The Morgan fingerprint density at radius 1 is 1.48 bits per heavy atom. The van der Waals surface area contributed by atoms with E-state index in [1.807, 2.05) is 25.1 Å². The highest BCUT2D eigenvalue weighted by Crippen LogP contribution is 2.31. The fourth-order valence-corrected chi connectivity index (χ4v) is 3.16. The number of halogens is 1. The van der Waals surface area contributed by atoms with Crippen LogP contribution in [-0.2, 0) is 12.8 Å². The Bertz CT molecular complexity index is 721. The summed E-state index contributed by atoms with van der Waals surface area (Å²) >= 11 is 6.18. The van der Waals surface area contributed by atoms with Gasteiger partial charge in [-0.1, -0.05) is 24.6 Å². The fraction of sp³-hybridized carbons (Fsp3) is 0.375. The molecule has 110 valence electrons. The van der Waals surface area contributed by atoms with E-state index in [4.69, 9.17) is 11.6 Å². The fourth-order valence-electron chi connectivity index (χ4n) is 2.99. The van der Waals surface area contributed by atoms with Crippen LogP contribution in [0.3, 0.4) is 0 Å². The molecule has 21 heavy (non-hydrogen) atoms. The van der Waals surface area contributed by atoms with Gasteiger partial charge in [0.25, 0.3) is 0 Å². The lowest BCUT2D eigenvalue weighted by Gasteiger charge is -2.20. The van der Waals surface area contributed by atoms with Crippen LogP contribution in [-0.4, -0.2) is 20.9 Å². The summed E-state index contributed by atoms with van der Waals surface area (Å²) in [6, 6.07) is 5.62. The maximum atomic E-state index is 11.5. The number of hydrogen-bond donors (Lipinski definition) is 1. The molecule has 0 saturated heterocycles. The Morgan fingerprint density at radius 2 is 2.24 bits per heavy atom. The van der Waals surface area contributed by atoms with Crippen LogP contribution in [0.2, 0.25) is 5.02 Å². The lowest BCUT2D eigenvalue weighted by Crippen LogP contribution is -2.15. The van der Waals surface area contributed by atoms with Crippen LogP contribution in [0.1, 0.15) is 40.7 Å². The number of rotatable bonds is 2. The molecule has 1 heterocycles. The molecule has 0 amide bonds. The van der Waals surface area contributed by atoms with Crippen molar-refractivity contribution in [3.05, 3.63) is 45.7 Å². The summed E-state index contributed by atoms with van der Waals surface area (Å²) in [6.07, 6.45) is 2.68. The van der Waals surface area contributed by atoms with E-state index in [2.05, 4.69) is 12.0 Å². The SMILES string of the molecule is Cc1c(Cl)cccc1-n1nc(C(=O)O)c2c1CCC(C)C2. The van der Waals surface area contributed by atoms with E-state index in [1.54, 1.807) is 4.68 Å². The van der Waals surface area contributed by atoms with Crippen molar-refractivity contribution in [2.45, 2.75) is 33.1 Å². The average molecular weight is 305 g/mol. The quantitative estimate of drug-likeness (QED) is 0.921. The lowest BCUT2D eigenvalue weighted by atomic mass is 9.87. The number of benzene rings is 1. The van der Waals surface area contributed by atoms with Gasteiger partial charge in [0, 0.05) is 16.3 Å². The molecule has 4 nitrogen and oxygen atoms in total. The topological polar surface area (TPSA) is 55.1 Å². The van der Waals surface area contributed by atoms with Crippen LogP contribution in [0.15, 0.2) is 18.2 Å². The predicted molar refractivity (Wildman–Crippen MR) is 81.5 cm³/mol. The maximum absolute atomic E-state index is 11.5. The number of hydrogen-bond acceptors (Lipinski definition) is 2. The molecule has 0 spiro atoms. The second kappa shape index (κ2) is 5.19. The third-order valence-electron chi connectivity index (χ3n) is 4.19. The number of nitrogens with zero attached hydrogens (tertiary/aromatic N) is 2. The van der Waals surface area contributed by atoms with Gasteiger partial charge in [0.05, 0.1) is 5.69 Å².